The van der Waals surface area contributed by atoms with Gasteiger partial charge in [0, 0.05) is 42.7 Å². The molecule has 3 aromatic rings. The zero-order valence-corrected chi connectivity index (χ0v) is 17.3. The van der Waals surface area contributed by atoms with Crippen LogP contribution in [-0.4, -0.2) is 40.4 Å². The van der Waals surface area contributed by atoms with Crippen molar-refractivity contribution in [2.75, 3.05) is 24.5 Å². The first kappa shape index (κ1) is 18.8. The van der Waals surface area contributed by atoms with Gasteiger partial charge in [-0.1, -0.05) is 48.0 Å². The van der Waals surface area contributed by atoms with Gasteiger partial charge in [0.05, 0.1) is 12.2 Å². The van der Waals surface area contributed by atoms with Crippen molar-refractivity contribution in [2.24, 2.45) is 0 Å². The van der Waals surface area contributed by atoms with Gasteiger partial charge < -0.3 is 9.80 Å². The number of aryl methyl sites for hydroxylation is 1. The summed E-state index contributed by atoms with van der Waals surface area (Å²) in [6.45, 7) is 5.33. The maximum Gasteiger partial charge on any atom is 0.254 e. The molecule has 1 fully saturated rings. The molecule has 5 nitrogen and oxygen atoms in total. The van der Waals surface area contributed by atoms with Gasteiger partial charge in [-0.05, 0) is 31.9 Å². The molecule has 0 N–H and O–H groups in total. The fraction of sp³-hybridized carbons (Fsp3) is 0.320. The molecule has 0 radical (unpaired) electrons. The van der Waals surface area contributed by atoms with Crippen molar-refractivity contribution in [3.05, 3.63) is 77.0 Å². The summed E-state index contributed by atoms with van der Waals surface area (Å²) in [5.74, 6) is 1.88. The molecule has 3 heterocycles. The Morgan fingerprint density at radius 1 is 0.900 bits per heavy atom. The molecule has 2 aromatic carbocycles. The van der Waals surface area contributed by atoms with Gasteiger partial charge in [-0.2, -0.15) is 0 Å². The van der Waals surface area contributed by atoms with Gasteiger partial charge in [0.25, 0.3) is 5.91 Å². The van der Waals surface area contributed by atoms with E-state index in [0.717, 1.165) is 59.1 Å². The van der Waals surface area contributed by atoms with Crippen LogP contribution in [0.3, 0.4) is 0 Å². The number of hydrogen-bond donors (Lipinski definition) is 0. The van der Waals surface area contributed by atoms with Gasteiger partial charge in [0.1, 0.15) is 5.82 Å². The van der Waals surface area contributed by atoms with Gasteiger partial charge in [-0.25, -0.2) is 9.97 Å². The molecule has 1 saturated heterocycles. The summed E-state index contributed by atoms with van der Waals surface area (Å²) < 4.78 is 0. The summed E-state index contributed by atoms with van der Waals surface area (Å²) in [7, 11) is 0. The standard InChI is InChI=1S/C25H26N4O/c1-18-9-11-20(12-10-18)25(30)29-16-13-22-21(17-29)24(28-14-5-6-15-28)27-23(26-22)19-7-3-2-4-8-19/h2-4,7-12H,5-6,13-17H2,1H3. The van der Waals surface area contributed by atoms with E-state index in [0.29, 0.717) is 13.1 Å². The number of fused-ring (bicyclic) bond motifs is 1. The monoisotopic (exact) mass is 398 g/mol. The zero-order chi connectivity index (χ0) is 20.5. The summed E-state index contributed by atoms with van der Waals surface area (Å²) in [4.78, 5) is 27.3. The smallest absolute Gasteiger partial charge is 0.254 e. The molecule has 0 unspecified atom stereocenters. The first-order valence-electron chi connectivity index (χ1n) is 10.7. The fourth-order valence-electron chi connectivity index (χ4n) is 4.36. The number of carbonyl (C=O) groups excluding carboxylic acids is 1. The van der Waals surface area contributed by atoms with Crippen molar-refractivity contribution in [3.63, 3.8) is 0 Å². The molecule has 5 rings (SSSR count). The Morgan fingerprint density at radius 2 is 1.63 bits per heavy atom. The van der Waals surface area contributed by atoms with E-state index in [1.807, 2.05) is 54.3 Å². The number of aromatic nitrogens is 2. The molecule has 5 heteroatoms. The van der Waals surface area contributed by atoms with E-state index in [1.54, 1.807) is 0 Å². The maximum atomic E-state index is 13.1. The lowest BCUT2D eigenvalue weighted by molar-refractivity contribution is 0.0733. The lowest BCUT2D eigenvalue weighted by Gasteiger charge is -2.32. The Labute approximate surface area is 177 Å². The van der Waals surface area contributed by atoms with E-state index in [1.165, 1.54) is 12.8 Å². The predicted molar refractivity (Wildman–Crippen MR) is 119 cm³/mol. The number of nitrogens with zero attached hydrogens (tertiary/aromatic N) is 4. The number of rotatable bonds is 3. The summed E-state index contributed by atoms with van der Waals surface area (Å²) in [6.07, 6.45) is 3.13. The minimum atomic E-state index is 0.0835. The van der Waals surface area contributed by atoms with Crippen molar-refractivity contribution in [2.45, 2.75) is 32.7 Å². The van der Waals surface area contributed by atoms with Crippen LogP contribution in [0.5, 0.6) is 0 Å². The molecule has 1 amide bonds. The van der Waals surface area contributed by atoms with Crippen LogP contribution in [0.2, 0.25) is 0 Å². The number of carbonyl (C=O) groups is 1. The van der Waals surface area contributed by atoms with Crippen LogP contribution in [0.4, 0.5) is 5.82 Å². The van der Waals surface area contributed by atoms with Crippen LogP contribution in [-0.2, 0) is 13.0 Å². The van der Waals surface area contributed by atoms with Gasteiger partial charge in [-0.3, -0.25) is 4.79 Å². The molecule has 0 atom stereocenters. The lowest BCUT2D eigenvalue weighted by atomic mass is 10.0. The van der Waals surface area contributed by atoms with Crippen molar-refractivity contribution < 1.29 is 4.79 Å². The van der Waals surface area contributed by atoms with E-state index in [2.05, 4.69) is 17.0 Å². The van der Waals surface area contributed by atoms with E-state index in [4.69, 9.17) is 9.97 Å². The molecular formula is C25H26N4O. The Balaban J connectivity index is 1.51. The average Bonchev–Trinajstić information content (AvgIpc) is 3.33. The highest BCUT2D eigenvalue weighted by atomic mass is 16.2. The molecule has 2 aliphatic heterocycles. The van der Waals surface area contributed by atoms with Crippen LogP contribution in [0.1, 0.15) is 40.0 Å². The largest absolute Gasteiger partial charge is 0.356 e. The van der Waals surface area contributed by atoms with Crippen LogP contribution in [0, 0.1) is 6.92 Å². The SMILES string of the molecule is Cc1ccc(C(=O)N2CCc3nc(-c4ccccc4)nc(N4CCCC4)c3C2)cc1. The number of benzene rings is 2. The third-order valence-electron chi connectivity index (χ3n) is 6.06. The van der Waals surface area contributed by atoms with Crippen LogP contribution in [0.25, 0.3) is 11.4 Å². The minimum absolute atomic E-state index is 0.0835. The number of anilines is 1. The van der Waals surface area contributed by atoms with Crippen molar-refractivity contribution in [1.82, 2.24) is 14.9 Å². The van der Waals surface area contributed by atoms with Crippen LogP contribution < -0.4 is 4.90 Å². The zero-order valence-electron chi connectivity index (χ0n) is 17.3. The van der Waals surface area contributed by atoms with E-state index in [-0.39, 0.29) is 5.91 Å². The number of hydrogen-bond acceptors (Lipinski definition) is 4. The normalized spacial score (nSPS) is 15.9. The van der Waals surface area contributed by atoms with Crippen molar-refractivity contribution >= 4 is 11.7 Å². The highest BCUT2D eigenvalue weighted by molar-refractivity contribution is 5.94. The summed E-state index contributed by atoms with van der Waals surface area (Å²) in [6, 6.07) is 18.0. The van der Waals surface area contributed by atoms with Crippen LogP contribution >= 0.6 is 0 Å². The summed E-state index contributed by atoms with van der Waals surface area (Å²) in [5, 5.41) is 0. The quantitative estimate of drug-likeness (QED) is 0.662. The summed E-state index contributed by atoms with van der Waals surface area (Å²) in [5.41, 5.74) is 5.14. The second kappa shape index (κ2) is 7.90. The Kier molecular flexibility index (Phi) is 4.95. The first-order chi connectivity index (χ1) is 14.7. The average molecular weight is 399 g/mol. The third-order valence-corrected chi connectivity index (χ3v) is 6.06. The van der Waals surface area contributed by atoms with Crippen molar-refractivity contribution in [3.8, 4) is 11.4 Å². The molecule has 30 heavy (non-hydrogen) atoms. The van der Waals surface area contributed by atoms with E-state index in [9.17, 15) is 4.79 Å². The highest BCUT2D eigenvalue weighted by Gasteiger charge is 2.29. The van der Waals surface area contributed by atoms with Gasteiger partial charge in [0.2, 0.25) is 0 Å². The number of amides is 1. The molecule has 0 spiro atoms. The van der Waals surface area contributed by atoms with Crippen molar-refractivity contribution in [1.29, 1.82) is 0 Å². The Bertz CT molecular complexity index is 1060. The molecule has 0 saturated carbocycles. The molecule has 152 valence electrons. The highest BCUT2D eigenvalue weighted by Crippen LogP contribution is 2.32. The predicted octanol–water partition coefficient (Wildman–Crippen LogP) is 4.25. The fourth-order valence-corrected chi connectivity index (χ4v) is 4.36. The van der Waals surface area contributed by atoms with Gasteiger partial charge in [0.15, 0.2) is 5.82 Å². The molecular weight excluding hydrogens is 372 g/mol. The second-order valence-corrected chi connectivity index (χ2v) is 8.20. The first-order valence-corrected chi connectivity index (χ1v) is 10.7. The van der Waals surface area contributed by atoms with E-state index >= 15 is 0 Å². The second-order valence-electron chi connectivity index (χ2n) is 8.20. The third kappa shape index (κ3) is 3.56. The molecule has 0 bridgehead atoms. The lowest BCUT2D eigenvalue weighted by Crippen LogP contribution is -2.38. The summed E-state index contributed by atoms with van der Waals surface area (Å²) >= 11 is 0. The molecule has 0 aliphatic carbocycles. The molecule has 1 aromatic heterocycles. The minimum Gasteiger partial charge on any atom is -0.356 e. The van der Waals surface area contributed by atoms with Gasteiger partial charge in [-0.15, -0.1) is 0 Å². The van der Waals surface area contributed by atoms with Crippen LogP contribution in [0.15, 0.2) is 54.6 Å². The van der Waals surface area contributed by atoms with Gasteiger partial charge >= 0.3 is 0 Å². The topological polar surface area (TPSA) is 49.3 Å². The van der Waals surface area contributed by atoms with E-state index < -0.39 is 0 Å². The maximum absolute atomic E-state index is 13.1. The molecule has 2 aliphatic rings. The Hall–Kier alpha value is -3.21. The Morgan fingerprint density at radius 3 is 2.37 bits per heavy atom.